The number of carbonyl (C=O) groups is 1. The first-order valence-electron chi connectivity index (χ1n) is 6.30. The maximum Gasteiger partial charge on any atom is 0.175 e. The van der Waals surface area contributed by atoms with E-state index in [1.807, 2.05) is 52.8 Å². The Hall–Kier alpha value is -0.960. The molecule has 2 atom stereocenters. The minimum atomic E-state index is -1.09. The van der Waals surface area contributed by atoms with E-state index in [0.29, 0.717) is 11.5 Å². The smallest absolute Gasteiger partial charge is 0.175 e. The van der Waals surface area contributed by atoms with Crippen LogP contribution in [0.2, 0.25) is 0 Å². The molecule has 1 aromatic carbocycles. The molecule has 2 nitrogen and oxygen atoms in total. The van der Waals surface area contributed by atoms with Gasteiger partial charge < -0.3 is 0 Å². The Bertz CT molecular complexity index is 464. The third-order valence-electron chi connectivity index (χ3n) is 3.46. The number of hydrogen-bond donors (Lipinski definition) is 0. The molecule has 1 rings (SSSR count). The van der Waals surface area contributed by atoms with Crippen molar-refractivity contribution in [1.29, 1.82) is 0 Å². The normalized spacial score (nSPS) is 14.6. The summed E-state index contributed by atoms with van der Waals surface area (Å²) in [6, 6.07) is 5.65. The first kappa shape index (κ1) is 15.1. The number of ketones is 1. The summed E-state index contributed by atoms with van der Waals surface area (Å²) in [6.45, 7) is 10.0. The standard InChI is InChI=1S/C15H22O2S/c1-10(2)13(5)18(17)9-15(16)14-7-6-11(3)12(4)8-14/h6-8,10,13H,9H2,1-5H3. The zero-order chi connectivity index (χ0) is 13.9. The van der Waals surface area contributed by atoms with E-state index in [0.717, 1.165) is 5.56 Å². The molecule has 0 spiro atoms. The summed E-state index contributed by atoms with van der Waals surface area (Å²) >= 11 is 0. The van der Waals surface area contributed by atoms with Gasteiger partial charge in [0.15, 0.2) is 5.78 Å². The van der Waals surface area contributed by atoms with Gasteiger partial charge in [0.25, 0.3) is 0 Å². The highest BCUT2D eigenvalue weighted by Gasteiger charge is 2.19. The lowest BCUT2D eigenvalue weighted by molar-refractivity contribution is 0.102. The van der Waals surface area contributed by atoms with Gasteiger partial charge in [0.2, 0.25) is 0 Å². The lowest BCUT2D eigenvalue weighted by atomic mass is 10.0. The second-order valence-electron chi connectivity index (χ2n) is 5.20. The Labute approximate surface area is 112 Å². The molecule has 0 aliphatic rings. The molecular formula is C15H22O2S. The zero-order valence-corrected chi connectivity index (χ0v) is 12.6. The average Bonchev–Trinajstić information content (AvgIpc) is 2.31. The van der Waals surface area contributed by atoms with Gasteiger partial charge in [0.1, 0.15) is 0 Å². The van der Waals surface area contributed by atoms with E-state index >= 15 is 0 Å². The van der Waals surface area contributed by atoms with Gasteiger partial charge in [-0.2, -0.15) is 0 Å². The van der Waals surface area contributed by atoms with Crippen LogP contribution >= 0.6 is 0 Å². The summed E-state index contributed by atoms with van der Waals surface area (Å²) in [5, 5.41) is 0.0560. The first-order valence-corrected chi connectivity index (χ1v) is 7.68. The van der Waals surface area contributed by atoms with Gasteiger partial charge in [-0.1, -0.05) is 32.9 Å². The van der Waals surface area contributed by atoms with Gasteiger partial charge >= 0.3 is 0 Å². The topological polar surface area (TPSA) is 34.1 Å². The molecule has 18 heavy (non-hydrogen) atoms. The van der Waals surface area contributed by atoms with Gasteiger partial charge in [-0.05, 0) is 37.0 Å². The minimum absolute atomic E-state index is 0.0241. The predicted molar refractivity (Wildman–Crippen MR) is 77.6 cm³/mol. The first-order chi connectivity index (χ1) is 8.32. The van der Waals surface area contributed by atoms with Crippen LogP contribution in [0.15, 0.2) is 18.2 Å². The van der Waals surface area contributed by atoms with Crippen molar-refractivity contribution < 1.29 is 9.00 Å². The summed E-state index contributed by atoms with van der Waals surface area (Å²) in [6.07, 6.45) is 0. The molecule has 0 N–H and O–H groups in total. The number of carbonyl (C=O) groups excluding carboxylic acids is 1. The van der Waals surface area contributed by atoms with E-state index in [2.05, 4.69) is 0 Å². The number of hydrogen-bond acceptors (Lipinski definition) is 2. The Kier molecular flexibility index (Phi) is 5.27. The molecule has 100 valence electrons. The van der Waals surface area contributed by atoms with Crippen LogP contribution in [0, 0.1) is 19.8 Å². The Morgan fingerprint density at radius 1 is 1.17 bits per heavy atom. The highest BCUT2D eigenvalue weighted by Crippen LogP contribution is 2.13. The lowest BCUT2D eigenvalue weighted by Gasteiger charge is -2.14. The van der Waals surface area contributed by atoms with Crippen LogP contribution in [0.3, 0.4) is 0 Å². The van der Waals surface area contributed by atoms with Crippen LogP contribution in [-0.2, 0) is 10.8 Å². The summed E-state index contributed by atoms with van der Waals surface area (Å²) < 4.78 is 12.0. The van der Waals surface area contributed by atoms with Crippen LogP contribution < -0.4 is 0 Å². The van der Waals surface area contributed by atoms with E-state index < -0.39 is 10.8 Å². The van der Waals surface area contributed by atoms with Gasteiger partial charge in [-0.3, -0.25) is 9.00 Å². The van der Waals surface area contributed by atoms with E-state index in [9.17, 15) is 9.00 Å². The summed E-state index contributed by atoms with van der Waals surface area (Å²) in [5.41, 5.74) is 2.94. The fraction of sp³-hybridized carbons (Fsp3) is 0.533. The third-order valence-corrected chi connectivity index (χ3v) is 5.38. The number of aryl methyl sites for hydroxylation is 2. The van der Waals surface area contributed by atoms with Crippen LogP contribution in [0.4, 0.5) is 0 Å². The number of Topliss-reactive ketones (excluding diaryl/α,β-unsaturated/α-hetero) is 1. The predicted octanol–water partition coefficient (Wildman–Crippen LogP) is 3.28. The average molecular weight is 266 g/mol. The van der Waals surface area contributed by atoms with Crippen molar-refractivity contribution in [1.82, 2.24) is 0 Å². The molecule has 0 aromatic heterocycles. The molecule has 0 aliphatic heterocycles. The molecule has 0 saturated heterocycles. The molecule has 2 unspecified atom stereocenters. The lowest BCUT2D eigenvalue weighted by Crippen LogP contribution is -2.24. The van der Waals surface area contributed by atoms with Gasteiger partial charge in [-0.25, -0.2) is 0 Å². The zero-order valence-electron chi connectivity index (χ0n) is 11.8. The highest BCUT2D eigenvalue weighted by molar-refractivity contribution is 7.86. The van der Waals surface area contributed by atoms with E-state index in [4.69, 9.17) is 0 Å². The highest BCUT2D eigenvalue weighted by atomic mass is 32.2. The second-order valence-corrected chi connectivity index (χ2v) is 6.99. The SMILES string of the molecule is Cc1ccc(C(=O)CS(=O)C(C)C(C)C)cc1C. The summed E-state index contributed by atoms with van der Waals surface area (Å²) in [4.78, 5) is 12.1. The molecule has 0 bridgehead atoms. The molecule has 0 saturated carbocycles. The van der Waals surface area contributed by atoms with Gasteiger partial charge in [0.05, 0.1) is 5.75 Å². The van der Waals surface area contributed by atoms with Gasteiger partial charge in [0, 0.05) is 21.6 Å². The van der Waals surface area contributed by atoms with E-state index in [1.165, 1.54) is 5.56 Å². The fourth-order valence-corrected chi connectivity index (χ4v) is 2.86. The molecular weight excluding hydrogens is 244 g/mol. The molecule has 3 heteroatoms. The van der Waals surface area contributed by atoms with Crippen molar-refractivity contribution in [2.24, 2.45) is 5.92 Å². The molecule has 0 radical (unpaired) electrons. The molecule has 0 aliphatic carbocycles. The van der Waals surface area contributed by atoms with Crippen LogP contribution in [0.1, 0.15) is 42.3 Å². The van der Waals surface area contributed by atoms with Crippen molar-refractivity contribution in [2.75, 3.05) is 5.75 Å². The maximum absolute atomic E-state index is 12.1. The molecule has 0 amide bonds. The van der Waals surface area contributed by atoms with E-state index in [1.54, 1.807) is 0 Å². The summed E-state index contributed by atoms with van der Waals surface area (Å²) in [7, 11) is -1.09. The van der Waals surface area contributed by atoms with Crippen LogP contribution in [-0.4, -0.2) is 21.0 Å². The van der Waals surface area contributed by atoms with E-state index in [-0.39, 0.29) is 16.8 Å². The molecule has 1 aromatic rings. The van der Waals surface area contributed by atoms with Crippen molar-refractivity contribution >= 4 is 16.6 Å². The van der Waals surface area contributed by atoms with Crippen molar-refractivity contribution in [2.45, 2.75) is 39.9 Å². The Morgan fingerprint density at radius 3 is 2.28 bits per heavy atom. The second kappa shape index (κ2) is 6.28. The minimum Gasteiger partial charge on any atom is -0.293 e. The van der Waals surface area contributed by atoms with Gasteiger partial charge in [-0.15, -0.1) is 0 Å². The van der Waals surface area contributed by atoms with Crippen LogP contribution in [0.25, 0.3) is 0 Å². The summed E-state index contributed by atoms with van der Waals surface area (Å²) in [5.74, 6) is 0.435. The fourth-order valence-electron chi connectivity index (χ4n) is 1.56. The quantitative estimate of drug-likeness (QED) is 0.766. The maximum atomic E-state index is 12.1. The number of benzene rings is 1. The third kappa shape index (κ3) is 3.77. The number of rotatable bonds is 5. The van der Waals surface area contributed by atoms with Crippen molar-refractivity contribution in [3.05, 3.63) is 34.9 Å². The largest absolute Gasteiger partial charge is 0.293 e. The molecule has 0 fully saturated rings. The Balaban J connectivity index is 2.77. The van der Waals surface area contributed by atoms with Crippen LogP contribution in [0.5, 0.6) is 0 Å². The van der Waals surface area contributed by atoms with Crippen molar-refractivity contribution in [3.63, 3.8) is 0 Å². The van der Waals surface area contributed by atoms with Crippen molar-refractivity contribution in [3.8, 4) is 0 Å². The Morgan fingerprint density at radius 2 is 1.78 bits per heavy atom. The monoisotopic (exact) mass is 266 g/mol. The molecule has 0 heterocycles.